The topological polar surface area (TPSA) is 195 Å². The molecule has 0 unspecified atom stereocenters. The molecule has 0 spiro atoms. The van der Waals surface area contributed by atoms with Crippen LogP contribution in [0.1, 0.15) is 95.8 Å². The molecular weight excluding hydrogens is 1010 g/mol. The van der Waals surface area contributed by atoms with E-state index in [2.05, 4.69) is 6.08 Å². The Hall–Kier alpha value is -8.54. The summed E-state index contributed by atoms with van der Waals surface area (Å²) in [4.78, 5) is 84.5. The van der Waals surface area contributed by atoms with Gasteiger partial charge in [-0.05, 0) is 106 Å². The Bertz CT molecular complexity index is 3020. The van der Waals surface area contributed by atoms with Crippen molar-refractivity contribution in [1.82, 2.24) is 0 Å². The van der Waals surface area contributed by atoms with Gasteiger partial charge in [0.1, 0.15) is 6.10 Å². The van der Waals surface area contributed by atoms with E-state index in [0.717, 1.165) is 12.0 Å². The molecular formula is C63H60O16. The molecule has 6 aromatic rings. The highest BCUT2D eigenvalue weighted by Crippen LogP contribution is 2.34. The Labute approximate surface area is 457 Å². The molecule has 0 bridgehead atoms. The van der Waals surface area contributed by atoms with Crippen molar-refractivity contribution in [3.8, 4) is 0 Å². The van der Waals surface area contributed by atoms with Gasteiger partial charge in [0.05, 0.1) is 53.2 Å². The molecule has 0 aliphatic carbocycles. The molecule has 0 aromatic heterocycles. The largest absolute Gasteiger partial charge is 0.452 e. The van der Waals surface area contributed by atoms with Crippen LogP contribution in [0, 0.1) is 0 Å². The standard InChI is InChI=1S/C63H60O16/c1-41(2)23-22-24-42(3)37-38-70-63-55(79-61(69)48-35-20-9-21-36-48)53(77-59(67)46-31-16-7-17-32-46)51(75-57(65)44-27-12-5-13-28-44)50(74-63)40-72-62-54(78-60(68)47-33-18-8-19-34-47)52(76-58(66)45-29-14-6-15-30-45)49(39-71-62)73-56(64)43-25-10-4-11-26-43/h4-21,23,25-37,49-55,62-63H,22,24,38-40H2,1-3H3/b42-37-/t49-,50+,51+,52-,53-,54+,55+,62-,63+/m0/s1. The Morgan fingerprint density at radius 1 is 0.418 bits per heavy atom. The number of ether oxygens (including phenoxy) is 10. The highest BCUT2D eigenvalue weighted by atomic mass is 16.8. The van der Waals surface area contributed by atoms with Crippen molar-refractivity contribution in [1.29, 1.82) is 0 Å². The first-order valence-electron chi connectivity index (χ1n) is 25.8. The summed E-state index contributed by atoms with van der Waals surface area (Å²) in [7, 11) is 0. The molecule has 408 valence electrons. The lowest BCUT2D eigenvalue weighted by atomic mass is 9.97. The first kappa shape index (κ1) is 56.7. The van der Waals surface area contributed by atoms with Gasteiger partial charge in [0.15, 0.2) is 49.2 Å². The third kappa shape index (κ3) is 15.8. The van der Waals surface area contributed by atoms with E-state index in [0.29, 0.717) is 6.42 Å². The van der Waals surface area contributed by atoms with Crippen LogP contribution in [0.5, 0.6) is 0 Å². The zero-order chi connectivity index (χ0) is 55.5. The second-order valence-corrected chi connectivity index (χ2v) is 18.8. The SMILES string of the molecule is CC(C)=CCC/C(C)=C\CO[C@@H]1O[C@H](CO[C@@H]2OC[C@H](OC(=O)c3ccccc3)[C@H](OC(=O)c3ccccc3)[C@H]2OC(=O)c2ccccc2)[C@@H](OC(=O)c2ccccc2)[C@H](OC(=O)c2ccccc2)[C@H]1OC(=O)c1ccccc1. The number of rotatable bonds is 21. The number of allylic oxidation sites excluding steroid dienone is 3. The van der Waals surface area contributed by atoms with E-state index in [9.17, 15) is 28.8 Å². The first-order chi connectivity index (χ1) is 38.4. The average Bonchev–Trinajstić information content (AvgIpc) is 3.56. The van der Waals surface area contributed by atoms with Gasteiger partial charge in [-0.25, -0.2) is 28.8 Å². The first-order valence-corrected chi connectivity index (χ1v) is 25.8. The van der Waals surface area contributed by atoms with Crippen molar-refractivity contribution in [2.45, 2.75) is 88.9 Å². The molecule has 2 heterocycles. The van der Waals surface area contributed by atoms with Gasteiger partial charge in [-0.1, -0.05) is 132 Å². The summed E-state index contributed by atoms with van der Waals surface area (Å²) in [5.74, 6) is -5.10. The molecule has 8 rings (SSSR count). The molecule has 2 aliphatic rings. The normalized spacial score (nSPS) is 21.8. The van der Waals surface area contributed by atoms with Crippen LogP contribution in [-0.2, 0) is 47.4 Å². The zero-order valence-corrected chi connectivity index (χ0v) is 43.7. The zero-order valence-electron chi connectivity index (χ0n) is 43.7. The van der Waals surface area contributed by atoms with Gasteiger partial charge in [0.25, 0.3) is 0 Å². The Morgan fingerprint density at radius 3 is 1.18 bits per heavy atom. The third-order valence-corrected chi connectivity index (χ3v) is 12.7. The van der Waals surface area contributed by atoms with Gasteiger partial charge in [-0.2, -0.15) is 0 Å². The fourth-order valence-corrected chi connectivity index (χ4v) is 8.58. The summed E-state index contributed by atoms with van der Waals surface area (Å²) in [5, 5.41) is 0. The molecule has 79 heavy (non-hydrogen) atoms. The number of carbonyl (C=O) groups is 6. The molecule has 0 amide bonds. The smallest absolute Gasteiger partial charge is 0.338 e. The molecule has 16 nitrogen and oxygen atoms in total. The van der Waals surface area contributed by atoms with Crippen molar-refractivity contribution in [3.05, 3.63) is 239 Å². The van der Waals surface area contributed by atoms with Crippen LogP contribution in [0.15, 0.2) is 205 Å². The Kier molecular flexibility index (Phi) is 20.2. The maximum atomic E-state index is 14.3. The average molecular weight is 1070 g/mol. The van der Waals surface area contributed by atoms with Gasteiger partial charge in [-0.3, -0.25) is 0 Å². The quantitative estimate of drug-likeness (QED) is 0.0375. The maximum Gasteiger partial charge on any atom is 0.338 e. The van der Waals surface area contributed by atoms with Crippen molar-refractivity contribution in [3.63, 3.8) is 0 Å². The summed E-state index contributed by atoms with van der Waals surface area (Å²) < 4.78 is 63.0. The predicted octanol–water partition coefficient (Wildman–Crippen LogP) is 10.1. The minimum absolute atomic E-state index is 0.0765. The van der Waals surface area contributed by atoms with Crippen LogP contribution < -0.4 is 0 Å². The molecule has 0 N–H and O–H groups in total. The number of hydrogen-bond donors (Lipinski definition) is 0. The second-order valence-electron chi connectivity index (χ2n) is 18.8. The molecule has 0 radical (unpaired) electrons. The number of esters is 6. The van der Waals surface area contributed by atoms with E-state index in [-0.39, 0.29) is 40.0 Å². The van der Waals surface area contributed by atoms with E-state index in [1.807, 2.05) is 26.8 Å². The van der Waals surface area contributed by atoms with E-state index < -0.39 is 104 Å². The number of carbonyl (C=O) groups excluding carboxylic acids is 6. The predicted molar refractivity (Wildman–Crippen MR) is 287 cm³/mol. The molecule has 16 heteroatoms. The van der Waals surface area contributed by atoms with E-state index in [1.54, 1.807) is 121 Å². The number of hydrogen-bond acceptors (Lipinski definition) is 16. The summed E-state index contributed by atoms with van der Waals surface area (Å²) in [6.07, 6.45) is -8.72. The van der Waals surface area contributed by atoms with Crippen LogP contribution in [0.25, 0.3) is 0 Å². The van der Waals surface area contributed by atoms with E-state index >= 15 is 0 Å². The monoisotopic (exact) mass is 1070 g/mol. The Balaban J connectivity index is 1.19. The summed E-state index contributed by atoms with van der Waals surface area (Å²) in [6.45, 7) is 4.84. The minimum atomic E-state index is -1.67. The lowest BCUT2D eigenvalue weighted by Gasteiger charge is -2.45. The van der Waals surface area contributed by atoms with Crippen LogP contribution >= 0.6 is 0 Å². The van der Waals surface area contributed by atoms with Crippen LogP contribution in [0.3, 0.4) is 0 Å². The Morgan fingerprint density at radius 2 is 0.772 bits per heavy atom. The highest BCUT2D eigenvalue weighted by molar-refractivity contribution is 5.92. The lowest BCUT2D eigenvalue weighted by molar-refractivity contribution is -0.316. The van der Waals surface area contributed by atoms with Crippen LogP contribution in [-0.4, -0.2) is 111 Å². The van der Waals surface area contributed by atoms with E-state index in [4.69, 9.17) is 47.4 Å². The van der Waals surface area contributed by atoms with Gasteiger partial charge in [0.2, 0.25) is 0 Å². The fourth-order valence-electron chi connectivity index (χ4n) is 8.58. The fraction of sp³-hybridized carbons (Fsp3) is 0.270. The van der Waals surface area contributed by atoms with Gasteiger partial charge in [-0.15, -0.1) is 0 Å². The molecule has 9 atom stereocenters. The minimum Gasteiger partial charge on any atom is -0.452 e. The summed E-state index contributed by atoms with van der Waals surface area (Å²) >= 11 is 0. The molecule has 2 aliphatic heterocycles. The second kappa shape index (κ2) is 28.2. The molecule has 2 fully saturated rings. The van der Waals surface area contributed by atoms with Crippen LogP contribution in [0.2, 0.25) is 0 Å². The highest BCUT2D eigenvalue weighted by Gasteiger charge is 2.55. The van der Waals surface area contributed by atoms with Crippen molar-refractivity contribution in [2.75, 3.05) is 19.8 Å². The summed E-state index contributed by atoms with van der Waals surface area (Å²) in [5.41, 5.74) is 2.95. The lowest BCUT2D eigenvalue weighted by Crippen LogP contribution is -2.64. The van der Waals surface area contributed by atoms with Crippen LogP contribution in [0.4, 0.5) is 0 Å². The third-order valence-electron chi connectivity index (χ3n) is 12.7. The summed E-state index contributed by atoms with van der Waals surface area (Å²) in [6, 6.07) is 48.3. The maximum absolute atomic E-state index is 14.3. The molecule has 6 aromatic carbocycles. The van der Waals surface area contributed by atoms with Crippen molar-refractivity contribution >= 4 is 35.8 Å². The van der Waals surface area contributed by atoms with Gasteiger partial charge < -0.3 is 47.4 Å². The van der Waals surface area contributed by atoms with Gasteiger partial charge in [0, 0.05) is 0 Å². The molecule has 2 saturated heterocycles. The van der Waals surface area contributed by atoms with Crippen molar-refractivity contribution in [2.24, 2.45) is 0 Å². The van der Waals surface area contributed by atoms with Gasteiger partial charge >= 0.3 is 35.8 Å². The number of benzene rings is 6. The van der Waals surface area contributed by atoms with Crippen molar-refractivity contribution < 1.29 is 76.1 Å². The van der Waals surface area contributed by atoms with E-state index in [1.165, 1.54) is 66.2 Å². The molecule has 0 saturated carbocycles.